The second kappa shape index (κ2) is 6.73. The lowest BCUT2D eigenvalue weighted by molar-refractivity contribution is -0.122. The van der Waals surface area contributed by atoms with Crippen LogP contribution in [-0.2, 0) is 28.8 Å². The Hall–Kier alpha value is -1.84. The second-order valence-electron chi connectivity index (χ2n) is 6.05. The van der Waals surface area contributed by atoms with Crippen LogP contribution in [0.25, 0.3) is 0 Å². The minimum absolute atomic E-state index is 0.0366. The van der Waals surface area contributed by atoms with Gasteiger partial charge in [-0.15, -0.1) is 0 Å². The topological polar surface area (TPSA) is 38.3 Å². The van der Waals surface area contributed by atoms with Gasteiger partial charge in [-0.1, -0.05) is 54.1 Å². The molecule has 1 amide bonds. The van der Waals surface area contributed by atoms with Crippen LogP contribution in [-0.4, -0.2) is 25.2 Å². The Morgan fingerprint density at radius 3 is 2.35 bits per heavy atom. The number of halogens is 1. The van der Waals surface area contributed by atoms with Crippen LogP contribution < -0.4 is 5.32 Å². The molecule has 1 aliphatic rings. The van der Waals surface area contributed by atoms with Crippen LogP contribution >= 0.6 is 11.6 Å². The van der Waals surface area contributed by atoms with E-state index in [1.807, 2.05) is 30.3 Å². The van der Waals surface area contributed by atoms with Crippen LogP contribution in [0, 0.1) is 0 Å². The van der Waals surface area contributed by atoms with Crippen molar-refractivity contribution in [1.29, 1.82) is 0 Å². The maximum Gasteiger partial charge on any atom is 0.224 e. The van der Waals surface area contributed by atoms with E-state index in [1.54, 1.807) is 13.2 Å². The molecule has 0 atom stereocenters. The van der Waals surface area contributed by atoms with Crippen LogP contribution in [0.3, 0.4) is 0 Å². The maximum atomic E-state index is 12.2. The fraction of sp³-hybridized carbons (Fsp3) is 0.316. The summed E-state index contributed by atoms with van der Waals surface area (Å²) in [6, 6.07) is 15.8. The van der Waals surface area contributed by atoms with E-state index in [0.717, 1.165) is 18.4 Å². The summed E-state index contributed by atoms with van der Waals surface area (Å²) < 4.78 is 5.76. The Bertz CT molecular complexity index is 689. The summed E-state index contributed by atoms with van der Waals surface area (Å²) >= 11 is 6.11. The fourth-order valence-corrected chi connectivity index (χ4v) is 3.34. The lowest BCUT2D eigenvalue weighted by atomic mass is 10.00. The highest BCUT2D eigenvalue weighted by Crippen LogP contribution is 2.32. The second-order valence-corrected chi connectivity index (χ2v) is 6.46. The highest BCUT2D eigenvalue weighted by Gasteiger charge is 2.37. The molecule has 3 rings (SSSR count). The lowest BCUT2D eigenvalue weighted by Gasteiger charge is -2.27. The van der Waals surface area contributed by atoms with Gasteiger partial charge in [0, 0.05) is 31.5 Å². The fourth-order valence-electron chi connectivity index (χ4n) is 3.14. The molecule has 23 heavy (non-hydrogen) atoms. The van der Waals surface area contributed by atoms with Crippen molar-refractivity contribution in [1.82, 2.24) is 5.32 Å². The van der Waals surface area contributed by atoms with Gasteiger partial charge in [0.25, 0.3) is 0 Å². The average molecular weight is 330 g/mol. The normalized spacial score (nSPS) is 15.2. The summed E-state index contributed by atoms with van der Waals surface area (Å²) in [5.74, 6) is -0.0366. The van der Waals surface area contributed by atoms with E-state index in [4.69, 9.17) is 16.3 Å². The van der Waals surface area contributed by atoms with Gasteiger partial charge in [-0.3, -0.25) is 4.79 Å². The molecule has 3 nitrogen and oxygen atoms in total. The zero-order chi connectivity index (χ0) is 16.3. The summed E-state index contributed by atoms with van der Waals surface area (Å²) in [5.41, 5.74) is 3.09. The van der Waals surface area contributed by atoms with E-state index in [0.29, 0.717) is 11.6 Å². The van der Waals surface area contributed by atoms with Crippen molar-refractivity contribution in [3.8, 4) is 0 Å². The van der Waals surface area contributed by atoms with Gasteiger partial charge in [0.1, 0.15) is 0 Å². The first-order valence-corrected chi connectivity index (χ1v) is 8.12. The Kier molecular flexibility index (Phi) is 4.69. The molecule has 0 heterocycles. The zero-order valence-electron chi connectivity index (χ0n) is 13.1. The van der Waals surface area contributed by atoms with Crippen molar-refractivity contribution in [3.05, 3.63) is 70.2 Å². The number of hydrogen-bond donors (Lipinski definition) is 1. The predicted molar refractivity (Wildman–Crippen MR) is 91.8 cm³/mol. The molecule has 0 radical (unpaired) electrons. The molecule has 0 saturated heterocycles. The molecule has 120 valence electrons. The molecule has 0 unspecified atom stereocenters. The smallest absolute Gasteiger partial charge is 0.224 e. The zero-order valence-corrected chi connectivity index (χ0v) is 13.9. The maximum absolute atomic E-state index is 12.2. The Morgan fingerprint density at radius 2 is 1.74 bits per heavy atom. The number of amides is 1. The number of fused-ring (bicyclic) bond motifs is 1. The Morgan fingerprint density at radius 1 is 1.13 bits per heavy atom. The van der Waals surface area contributed by atoms with Crippen molar-refractivity contribution in [2.45, 2.75) is 24.9 Å². The Balaban J connectivity index is 1.61. The van der Waals surface area contributed by atoms with Gasteiger partial charge in [-0.2, -0.15) is 0 Å². The number of methoxy groups -OCH3 is 1. The number of rotatable bonds is 5. The molecule has 4 heteroatoms. The molecule has 2 aromatic rings. The molecule has 1 N–H and O–H groups in total. The largest absolute Gasteiger partial charge is 0.376 e. The summed E-state index contributed by atoms with van der Waals surface area (Å²) in [6.45, 7) is 0.501. The third-order valence-electron chi connectivity index (χ3n) is 4.49. The summed E-state index contributed by atoms with van der Waals surface area (Å²) in [4.78, 5) is 12.2. The number of carbonyl (C=O) groups is 1. The molecule has 0 saturated carbocycles. The monoisotopic (exact) mass is 329 g/mol. The molecule has 0 aromatic heterocycles. The summed E-state index contributed by atoms with van der Waals surface area (Å²) in [7, 11) is 1.71. The molecule has 0 aliphatic heterocycles. The Labute approximate surface area is 141 Å². The van der Waals surface area contributed by atoms with Gasteiger partial charge >= 0.3 is 0 Å². The van der Waals surface area contributed by atoms with Crippen molar-refractivity contribution in [3.63, 3.8) is 0 Å². The summed E-state index contributed by atoms with van der Waals surface area (Å²) in [5, 5.41) is 3.63. The molecular weight excluding hydrogens is 310 g/mol. The number of hydrogen-bond acceptors (Lipinski definition) is 2. The van der Waals surface area contributed by atoms with Crippen molar-refractivity contribution < 1.29 is 9.53 Å². The number of carbonyl (C=O) groups excluding carboxylic acids is 1. The van der Waals surface area contributed by atoms with Crippen LogP contribution in [0.4, 0.5) is 0 Å². The highest BCUT2D eigenvalue weighted by atomic mass is 35.5. The van der Waals surface area contributed by atoms with Gasteiger partial charge in [0.2, 0.25) is 5.91 Å². The summed E-state index contributed by atoms with van der Waals surface area (Å²) in [6.07, 6.45) is 1.94. The first-order valence-electron chi connectivity index (χ1n) is 7.74. The highest BCUT2D eigenvalue weighted by molar-refractivity contribution is 6.31. The van der Waals surface area contributed by atoms with E-state index in [1.165, 1.54) is 11.1 Å². The standard InChI is InChI=1S/C19H20ClNO2/c1-23-19(11-15-7-2-3-8-16(15)12-19)13-21-18(22)10-14-6-4-5-9-17(14)20/h2-9H,10-13H2,1H3,(H,21,22). The van der Waals surface area contributed by atoms with Gasteiger partial charge in [0.05, 0.1) is 12.0 Å². The molecule has 0 spiro atoms. The van der Waals surface area contributed by atoms with Gasteiger partial charge in [0.15, 0.2) is 0 Å². The van der Waals surface area contributed by atoms with Crippen LogP contribution in [0.2, 0.25) is 5.02 Å². The van der Waals surface area contributed by atoms with Crippen LogP contribution in [0.1, 0.15) is 16.7 Å². The first-order chi connectivity index (χ1) is 11.1. The van der Waals surface area contributed by atoms with Crippen LogP contribution in [0.15, 0.2) is 48.5 Å². The number of benzene rings is 2. The van der Waals surface area contributed by atoms with E-state index < -0.39 is 0 Å². The van der Waals surface area contributed by atoms with E-state index in [9.17, 15) is 4.79 Å². The minimum atomic E-state index is -0.347. The first kappa shape index (κ1) is 16.0. The number of nitrogens with one attached hydrogen (secondary N) is 1. The molecule has 0 bridgehead atoms. The van der Waals surface area contributed by atoms with E-state index >= 15 is 0 Å². The van der Waals surface area contributed by atoms with Crippen LogP contribution in [0.5, 0.6) is 0 Å². The molecule has 2 aromatic carbocycles. The molecule has 0 fully saturated rings. The van der Waals surface area contributed by atoms with Gasteiger partial charge in [-0.25, -0.2) is 0 Å². The quantitative estimate of drug-likeness (QED) is 0.915. The lowest BCUT2D eigenvalue weighted by Crippen LogP contribution is -2.45. The van der Waals surface area contributed by atoms with E-state index in [-0.39, 0.29) is 17.9 Å². The third-order valence-corrected chi connectivity index (χ3v) is 4.86. The molecular formula is C19H20ClNO2. The van der Waals surface area contributed by atoms with E-state index in [2.05, 4.69) is 17.4 Å². The van der Waals surface area contributed by atoms with Crippen molar-refractivity contribution in [2.75, 3.05) is 13.7 Å². The SMILES string of the molecule is COC1(CNC(=O)Cc2ccccc2Cl)Cc2ccccc2C1. The van der Waals surface area contributed by atoms with Gasteiger partial charge in [-0.05, 0) is 22.8 Å². The van der Waals surface area contributed by atoms with Gasteiger partial charge < -0.3 is 10.1 Å². The predicted octanol–water partition coefficient (Wildman–Crippen LogP) is 3.18. The minimum Gasteiger partial charge on any atom is -0.376 e. The molecule has 1 aliphatic carbocycles. The average Bonchev–Trinajstić information content (AvgIpc) is 2.94. The number of ether oxygens (including phenoxy) is 1. The van der Waals surface area contributed by atoms with Crippen molar-refractivity contribution >= 4 is 17.5 Å². The van der Waals surface area contributed by atoms with Crippen molar-refractivity contribution in [2.24, 2.45) is 0 Å². The third kappa shape index (κ3) is 3.57.